The predicted molar refractivity (Wildman–Crippen MR) is 59.3 cm³/mol. The molecule has 1 N–H and O–H groups in total. The number of aliphatic hydroxyl groups excluding tert-OH is 1. The van der Waals surface area contributed by atoms with Crippen molar-refractivity contribution in [3.63, 3.8) is 0 Å². The van der Waals surface area contributed by atoms with E-state index in [9.17, 15) is 5.11 Å². The molecule has 0 amide bonds. The molecule has 15 heavy (non-hydrogen) atoms. The van der Waals surface area contributed by atoms with Crippen molar-refractivity contribution in [3.05, 3.63) is 11.9 Å². The first kappa shape index (κ1) is 12.2. The molecule has 0 aliphatic rings. The molecule has 0 radical (unpaired) electrons. The lowest BCUT2D eigenvalue weighted by Crippen LogP contribution is -2.10. The lowest BCUT2D eigenvalue weighted by molar-refractivity contribution is 0.168. The molecule has 0 aliphatic heterocycles. The maximum atomic E-state index is 9.55. The van der Waals surface area contributed by atoms with Crippen LogP contribution in [0.25, 0.3) is 0 Å². The molecule has 1 rings (SSSR count). The van der Waals surface area contributed by atoms with Crippen LogP contribution in [0.15, 0.2) is 6.20 Å². The van der Waals surface area contributed by atoms with Gasteiger partial charge in [-0.2, -0.15) is 0 Å². The average molecular weight is 211 g/mol. The summed E-state index contributed by atoms with van der Waals surface area (Å²) in [5.41, 5.74) is 0.974. The fourth-order valence-corrected chi connectivity index (χ4v) is 1.23. The average Bonchev–Trinajstić information content (AvgIpc) is 2.61. The molecule has 0 bridgehead atoms. The second-order valence-corrected chi connectivity index (χ2v) is 5.14. The minimum Gasteiger partial charge on any atom is -0.387 e. The third-order valence-electron chi connectivity index (χ3n) is 2.38. The SMILES string of the molecule is CCC(O)c1cn(CCC(C)(C)C)nn1. The van der Waals surface area contributed by atoms with Gasteiger partial charge in [-0.1, -0.05) is 32.9 Å². The normalized spacial score (nSPS) is 14.2. The van der Waals surface area contributed by atoms with E-state index in [0.29, 0.717) is 17.5 Å². The summed E-state index contributed by atoms with van der Waals surface area (Å²) in [5, 5.41) is 17.5. The summed E-state index contributed by atoms with van der Waals surface area (Å²) < 4.78 is 1.81. The predicted octanol–water partition coefficient (Wildman–Crippen LogP) is 2.16. The van der Waals surface area contributed by atoms with Crippen LogP contribution in [0.2, 0.25) is 0 Å². The Morgan fingerprint density at radius 3 is 2.67 bits per heavy atom. The molecule has 0 aromatic carbocycles. The molecule has 86 valence electrons. The largest absolute Gasteiger partial charge is 0.387 e. The smallest absolute Gasteiger partial charge is 0.111 e. The van der Waals surface area contributed by atoms with Gasteiger partial charge in [0.15, 0.2) is 0 Å². The maximum absolute atomic E-state index is 9.55. The zero-order valence-electron chi connectivity index (χ0n) is 10.1. The van der Waals surface area contributed by atoms with E-state index in [1.165, 1.54) is 0 Å². The van der Waals surface area contributed by atoms with Gasteiger partial charge in [-0.15, -0.1) is 5.10 Å². The van der Waals surface area contributed by atoms with Crippen LogP contribution in [0, 0.1) is 5.41 Å². The van der Waals surface area contributed by atoms with Crippen LogP contribution in [0.3, 0.4) is 0 Å². The monoisotopic (exact) mass is 211 g/mol. The van der Waals surface area contributed by atoms with E-state index < -0.39 is 6.10 Å². The summed E-state index contributed by atoms with van der Waals surface area (Å²) in [6, 6.07) is 0. The zero-order valence-corrected chi connectivity index (χ0v) is 10.1. The molecule has 4 nitrogen and oxygen atoms in total. The first-order chi connectivity index (χ1) is 6.92. The van der Waals surface area contributed by atoms with Crippen LogP contribution in [-0.4, -0.2) is 20.1 Å². The van der Waals surface area contributed by atoms with E-state index >= 15 is 0 Å². The van der Waals surface area contributed by atoms with E-state index in [4.69, 9.17) is 0 Å². The lowest BCUT2D eigenvalue weighted by Gasteiger charge is -2.17. The van der Waals surface area contributed by atoms with Gasteiger partial charge in [-0.05, 0) is 18.3 Å². The van der Waals surface area contributed by atoms with Gasteiger partial charge in [0.05, 0.1) is 12.3 Å². The van der Waals surface area contributed by atoms with Gasteiger partial charge < -0.3 is 5.11 Å². The number of aliphatic hydroxyl groups is 1. The van der Waals surface area contributed by atoms with Crippen molar-refractivity contribution >= 4 is 0 Å². The van der Waals surface area contributed by atoms with Crippen LogP contribution in [0.1, 0.15) is 52.3 Å². The van der Waals surface area contributed by atoms with Gasteiger partial charge in [0.25, 0.3) is 0 Å². The zero-order chi connectivity index (χ0) is 11.5. The summed E-state index contributed by atoms with van der Waals surface area (Å²) in [5.74, 6) is 0. The minimum atomic E-state index is -0.478. The summed E-state index contributed by atoms with van der Waals surface area (Å²) in [6.07, 6.45) is 3.09. The van der Waals surface area contributed by atoms with Gasteiger partial charge in [0, 0.05) is 6.54 Å². The topological polar surface area (TPSA) is 50.9 Å². The molecule has 1 unspecified atom stereocenters. The van der Waals surface area contributed by atoms with Crippen molar-refractivity contribution < 1.29 is 5.11 Å². The quantitative estimate of drug-likeness (QED) is 0.830. The van der Waals surface area contributed by atoms with Gasteiger partial charge in [-0.3, -0.25) is 4.68 Å². The van der Waals surface area contributed by atoms with E-state index in [1.54, 1.807) is 4.68 Å². The molecule has 1 aromatic rings. The Morgan fingerprint density at radius 2 is 2.13 bits per heavy atom. The Balaban J connectivity index is 2.53. The maximum Gasteiger partial charge on any atom is 0.111 e. The summed E-state index contributed by atoms with van der Waals surface area (Å²) in [6.45, 7) is 9.38. The highest BCUT2D eigenvalue weighted by Crippen LogP contribution is 2.19. The van der Waals surface area contributed by atoms with Crippen molar-refractivity contribution in [3.8, 4) is 0 Å². The summed E-state index contributed by atoms with van der Waals surface area (Å²) in [4.78, 5) is 0. The number of aromatic nitrogens is 3. The van der Waals surface area contributed by atoms with Crippen molar-refractivity contribution in [1.29, 1.82) is 0 Å². The number of rotatable bonds is 4. The molecule has 0 spiro atoms. The molecule has 0 saturated carbocycles. The fraction of sp³-hybridized carbons (Fsp3) is 0.818. The highest BCUT2D eigenvalue weighted by molar-refractivity contribution is 4.96. The molecule has 1 atom stereocenters. The third kappa shape index (κ3) is 4.00. The summed E-state index contributed by atoms with van der Waals surface area (Å²) in [7, 11) is 0. The molecule has 0 saturated heterocycles. The third-order valence-corrected chi connectivity index (χ3v) is 2.38. The van der Waals surface area contributed by atoms with Crippen LogP contribution >= 0.6 is 0 Å². The molecule has 4 heteroatoms. The molecule has 0 aliphatic carbocycles. The van der Waals surface area contributed by atoms with E-state index in [2.05, 4.69) is 31.1 Å². The van der Waals surface area contributed by atoms with Crippen molar-refractivity contribution in [2.45, 2.75) is 53.2 Å². The van der Waals surface area contributed by atoms with Crippen LogP contribution in [0.4, 0.5) is 0 Å². The van der Waals surface area contributed by atoms with Gasteiger partial charge >= 0.3 is 0 Å². The van der Waals surface area contributed by atoms with Crippen molar-refractivity contribution in [2.75, 3.05) is 0 Å². The van der Waals surface area contributed by atoms with Crippen molar-refractivity contribution in [2.24, 2.45) is 5.41 Å². The van der Waals surface area contributed by atoms with Crippen LogP contribution in [-0.2, 0) is 6.54 Å². The van der Waals surface area contributed by atoms with Gasteiger partial charge in [-0.25, -0.2) is 0 Å². The van der Waals surface area contributed by atoms with E-state index in [-0.39, 0.29) is 0 Å². The standard InChI is InChI=1S/C11H21N3O/c1-5-10(15)9-8-14(13-12-9)7-6-11(2,3)4/h8,10,15H,5-7H2,1-4H3. The number of aryl methyl sites for hydroxylation is 1. The van der Waals surface area contributed by atoms with Crippen molar-refractivity contribution in [1.82, 2.24) is 15.0 Å². The Labute approximate surface area is 91.3 Å². The number of nitrogens with zero attached hydrogens (tertiary/aromatic N) is 3. The Bertz CT molecular complexity index is 301. The molecular formula is C11H21N3O. The number of hydrogen-bond donors (Lipinski definition) is 1. The van der Waals surface area contributed by atoms with Gasteiger partial charge in [0.1, 0.15) is 5.69 Å². The molecular weight excluding hydrogens is 190 g/mol. The molecule has 1 heterocycles. The first-order valence-electron chi connectivity index (χ1n) is 5.50. The Hall–Kier alpha value is -0.900. The van der Waals surface area contributed by atoms with Gasteiger partial charge in [0.2, 0.25) is 0 Å². The number of hydrogen-bond acceptors (Lipinski definition) is 3. The second-order valence-electron chi connectivity index (χ2n) is 5.14. The molecule has 1 aromatic heterocycles. The highest BCUT2D eigenvalue weighted by Gasteiger charge is 2.12. The first-order valence-corrected chi connectivity index (χ1v) is 5.50. The Morgan fingerprint density at radius 1 is 1.47 bits per heavy atom. The van der Waals surface area contributed by atoms with Crippen LogP contribution < -0.4 is 0 Å². The van der Waals surface area contributed by atoms with E-state index in [1.807, 2.05) is 13.1 Å². The molecule has 0 fully saturated rings. The summed E-state index contributed by atoms with van der Waals surface area (Å²) >= 11 is 0. The fourth-order valence-electron chi connectivity index (χ4n) is 1.23. The second kappa shape index (κ2) is 4.75. The minimum absolute atomic E-state index is 0.301. The highest BCUT2D eigenvalue weighted by atomic mass is 16.3. The van der Waals surface area contributed by atoms with Crippen LogP contribution in [0.5, 0.6) is 0 Å². The lowest BCUT2D eigenvalue weighted by atomic mass is 9.92. The van der Waals surface area contributed by atoms with E-state index in [0.717, 1.165) is 13.0 Å². The Kier molecular flexibility index (Phi) is 3.85.